The first-order chi connectivity index (χ1) is 8.67. The van der Waals surface area contributed by atoms with E-state index in [1.54, 1.807) is 0 Å². The molecule has 0 aromatic rings. The largest absolute Gasteiger partial charge is 0.316 e. The van der Waals surface area contributed by atoms with E-state index in [2.05, 4.69) is 31.0 Å². The standard InChI is InChI=1S/C16H32N2/c1-4-17-12-16(9-5-6-10-16)13-18-11-7-8-14(2)15(18)3/h14-15,17H,4-13H2,1-3H3. The predicted octanol–water partition coefficient (Wildman–Crippen LogP) is 3.28. The number of rotatable bonds is 5. The average Bonchev–Trinajstić information content (AvgIpc) is 2.82. The number of nitrogens with zero attached hydrogens (tertiary/aromatic N) is 1. The van der Waals surface area contributed by atoms with Gasteiger partial charge in [0.1, 0.15) is 0 Å². The van der Waals surface area contributed by atoms with Gasteiger partial charge in [-0.2, -0.15) is 0 Å². The van der Waals surface area contributed by atoms with E-state index in [1.165, 1.54) is 58.2 Å². The molecule has 1 saturated carbocycles. The Morgan fingerprint density at radius 2 is 1.89 bits per heavy atom. The molecule has 0 aromatic carbocycles. The van der Waals surface area contributed by atoms with Crippen LogP contribution in [-0.4, -0.2) is 37.1 Å². The summed E-state index contributed by atoms with van der Waals surface area (Å²) >= 11 is 0. The molecule has 1 saturated heterocycles. The Balaban J connectivity index is 1.95. The third kappa shape index (κ3) is 3.27. The van der Waals surface area contributed by atoms with Crippen LogP contribution < -0.4 is 5.32 Å². The van der Waals surface area contributed by atoms with Crippen molar-refractivity contribution >= 4 is 0 Å². The SMILES string of the molecule is CCNCC1(CN2CCCC(C)C2C)CCCC1. The van der Waals surface area contributed by atoms with E-state index in [0.717, 1.165) is 18.5 Å². The van der Waals surface area contributed by atoms with Gasteiger partial charge in [0.2, 0.25) is 0 Å². The van der Waals surface area contributed by atoms with Crippen LogP contribution in [0.15, 0.2) is 0 Å². The molecular formula is C16H32N2. The van der Waals surface area contributed by atoms with Gasteiger partial charge >= 0.3 is 0 Å². The van der Waals surface area contributed by atoms with E-state index in [-0.39, 0.29) is 0 Å². The minimum Gasteiger partial charge on any atom is -0.316 e. The van der Waals surface area contributed by atoms with Gasteiger partial charge in [-0.05, 0) is 57.0 Å². The van der Waals surface area contributed by atoms with Crippen molar-refractivity contribution in [3.63, 3.8) is 0 Å². The lowest BCUT2D eigenvalue weighted by Gasteiger charge is -2.43. The first kappa shape index (κ1) is 14.3. The van der Waals surface area contributed by atoms with Crippen molar-refractivity contribution in [2.75, 3.05) is 26.2 Å². The van der Waals surface area contributed by atoms with Crippen LogP contribution in [0.4, 0.5) is 0 Å². The van der Waals surface area contributed by atoms with Gasteiger partial charge < -0.3 is 5.32 Å². The fourth-order valence-corrected chi connectivity index (χ4v) is 3.98. The van der Waals surface area contributed by atoms with Gasteiger partial charge in [0.25, 0.3) is 0 Å². The molecular weight excluding hydrogens is 220 g/mol. The molecule has 1 N–H and O–H groups in total. The molecule has 106 valence electrons. The smallest absolute Gasteiger partial charge is 0.00928 e. The van der Waals surface area contributed by atoms with E-state index < -0.39 is 0 Å². The van der Waals surface area contributed by atoms with E-state index in [0.29, 0.717) is 5.41 Å². The molecule has 2 aliphatic rings. The first-order valence-corrected chi connectivity index (χ1v) is 8.12. The number of piperidine rings is 1. The van der Waals surface area contributed by atoms with Crippen molar-refractivity contribution in [3.05, 3.63) is 0 Å². The molecule has 2 heteroatoms. The topological polar surface area (TPSA) is 15.3 Å². The molecule has 0 bridgehead atoms. The Morgan fingerprint density at radius 1 is 1.17 bits per heavy atom. The molecule has 2 unspecified atom stereocenters. The summed E-state index contributed by atoms with van der Waals surface area (Å²) in [7, 11) is 0. The van der Waals surface area contributed by atoms with Gasteiger partial charge in [0.15, 0.2) is 0 Å². The van der Waals surface area contributed by atoms with Gasteiger partial charge in [-0.15, -0.1) is 0 Å². The van der Waals surface area contributed by atoms with Gasteiger partial charge in [-0.1, -0.05) is 26.7 Å². The summed E-state index contributed by atoms with van der Waals surface area (Å²) in [5.74, 6) is 0.885. The molecule has 1 aliphatic carbocycles. The van der Waals surface area contributed by atoms with Crippen molar-refractivity contribution in [3.8, 4) is 0 Å². The van der Waals surface area contributed by atoms with Gasteiger partial charge in [-0.3, -0.25) is 4.90 Å². The maximum atomic E-state index is 3.62. The van der Waals surface area contributed by atoms with Crippen LogP contribution in [-0.2, 0) is 0 Å². The van der Waals surface area contributed by atoms with Crippen LogP contribution in [0.3, 0.4) is 0 Å². The van der Waals surface area contributed by atoms with Crippen molar-refractivity contribution in [1.29, 1.82) is 0 Å². The summed E-state index contributed by atoms with van der Waals surface area (Å²) in [6, 6.07) is 0.790. The number of hydrogen-bond donors (Lipinski definition) is 1. The Morgan fingerprint density at radius 3 is 2.56 bits per heavy atom. The highest BCUT2D eigenvalue weighted by molar-refractivity contribution is 4.92. The summed E-state index contributed by atoms with van der Waals surface area (Å²) < 4.78 is 0. The molecule has 18 heavy (non-hydrogen) atoms. The second-order valence-electron chi connectivity index (χ2n) is 6.82. The summed E-state index contributed by atoms with van der Waals surface area (Å²) in [6.07, 6.45) is 8.61. The minimum atomic E-state index is 0.585. The Hall–Kier alpha value is -0.0800. The lowest BCUT2D eigenvalue weighted by molar-refractivity contribution is 0.0608. The fraction of sp³-hybridized carbons (Fsp3) is 1.00. The zero-order valence-electron chi connectivity index (χ0n) is 12.7. The van der Waals surface area contributed by atoms with Crippen LogP contribution in [0.1, 0.15) is 59.3 Å². The van der Waals surface area contributed by atoms with E-state index >= 15 is 0 Å². The van der Waals surface area contributed by atoms with Crippen LogP contribution in [0.2, 0.25) is 0 Å². The second kappa shape index (κ2) is 6.38. The van der Waals surface area contributed by atoms with Crippen LogP contribution in [0.5, 0.6) is 0 Å². The molecule has 2 atom stereocenters. The highest BCUT2D eigenvalue weighted by atomic mass is 15.2. The Kier molecular flexibility index (Phi) is 5.08. The zero-order valence-corrected chi connectivity index (χ0v) is 12.7. The predicted molar refractivity (Wildman–Crippen MR) is 78.9 cm³/mol. The molecule has 0 amide bonds. The summed E-state index contributed by atoms with van der Waals surface area (Å²) in [4.78, 5) is 2.79. The summed E-state index contributed by atoms with van der Waals surface area (Å²) in [5.41, 5.74) is 0.585. The molecule has 0 spiro atoms. The minimum absolute atomic E-state index is 0.585. The zero-order chi connectivity index (χ0) is 13.0. The normalized spacial score (nSPS) is 32.8. The molecule has 1 heterocycles. The van der Waals surface area contributed by atoms with Crippen molar-refractivity contribution < 1.29 is 0 Å². The number of hydrogen-bond acceptors (Lipinski definition) is 2. The highest BCUT2D eigenvalue weighted by Crippen LogP contribution is 2.39. The molecule has 0 radical (unpaired) electrons. The lowest BCUT2D eigenvalue weighted by Crippen LogP contribution is -2.49. The third-order valence-corrected chi connectivity index (χ3v) is 5.46. The molecule has 2 fully saturated rings. The van der Waals surface area contributed by atoms with Gasteiger partial charge in [0.05, 0.1) is 0 Å². The fourth-order valence-electron chi connectivity index (χ4n) is 3.98. The second-order valence-corrected chi connectivity index (χ2v) is 6.82. The molecule has 2 rings (SSSR count). The lowest BCUT2D eigenvalue weighted by atomic mass is 9.82. The quantitative estimate of drug-likeness (QED) is 0.808. The average molecular weight is 252 g/mol. The van der Waals surface area contributed by atoms with Gasteiger partial charge in [-0.25, -0.2) is 0 Å². The van der Waals surface area contributed by atoms with E-state index in [4.69, 9.17) is 0 Å². The van der Waals surface area contributed by atoms with Crippen molar-refractivity contribution in [2.24, 2.45) is 11.3 Å². The van der Waals surface area contributed by atoms with Crippen molar-refractivity contribution in [2.45, 2.75) is 65.3 Å². The van der Waals surface area contributed by atoms with Crippen LogP contribution in [0, 0.1) is 11.3 Å². The van der Waals surface area contributed by atoms with Crippen LogP contribution >= 0.6 is 0 Å². The van der Waals surface area contributed by atoms with Crippen molar-refractivity contribution in [1.82, 2.24) is 10.2 Å². The van der Waals surface area contributed by atoms with E-state index in [9.17, 15) is 0 Å². The molecule has 2 nitrogen and oxygen atoms in total. The van der Waals surface area contributed by atoms with E-state index in [1.807, 2.05) is 0 Å². The Labute approximate surface area is 114 Å². The maximum absolute atomic E-state index is 3.62. The molecule has 0 aromatic heterocycles. The molecule has 1 aliphatic heterocycles. The number of likely N-dealkylation sites (tertiary alicyclic amines) is 1. The monoisotopic (exact) mass is 252 g/mol. The summed E-state index contributed by atoms with van der Waals surface area (Å²) in [6.45, 7) is 12.1. The summed E-state index contributed by atoms with van der Waals surface area (Å²) in [5, 5.41) is 3.62. The van der Waals surface area contributed by atoms with Gasteiger partial charge in [0, 0.05) is 19.1 Å². The third-order valence-electron chi connectivity index (χ3n) is 5.46. The van der Waals surface area contributed by atoms with Crippen LogP contribution in [0.25, 0.3) is 0 Å². The first-order valence-electron chi connectivity index (χ1n) is 8.12. The Bertz CT molecular complexity index is 245. The number of nitrogens with one attached hydrogen (secondary N) is 1. The highest BCUT2D eigenvalue weighted by Gasteiger charge is 2.37. The maximum Gasteiger partial charge on any atom is 0.00928 e.